The number of rotatable bonds is 15. The zero-order valence-electron chi connectivity index (χ0n) is 18.6. The summed E-state index contributed by atoms with van der Waals surface area (Å²) in [5, 5.41) is 26.6. The lowest BCUT2D eigenvalue weighted by molar-refractivity contribution is -0.135. The second-order valence-corrected chi connectivity index (χ2v) is 8.36. The van der Waals surface area contributed by atoms with Crippen molar-refractivity contribution < 1.29 is 29.4 Å². The van der Waals surface area contributed by atoms with Gasteiger partial charge in [0.2, 0.25) is 17.7 Å². The number of carbonyl (C=O) groups is 4. The van der Waals surface area contributed by atoms with Crippen molar-refractivity contribution in [3.05, 3.63) is 0 Å². The number of nitrogens with one attached hydrogen (secondary N) is 3. The van der Waals surface area contributed by atoms with E-state index in [0.29, 0.717) is 12.8 Å². The standard InChI is InChI=1S/C20H38N4O6/c1-11(2)6-13(19(29)24-16(10-26)18(21)28)8-17(27)15(9-25)23-20(30)14(22-5)7-12(3)4/h11-16,22,25-26H,6-10H2,1-5H3,(H2,21,28)(H,23,30)(H,24,29)/t13-,14+,15+,16+/m1/s1. The maximum atomic E-state index is 12.7. The second-order valence-electron chi connectivity index (χ2n) is 8.36. The molecule has 0 rings (SSSR count). The van der Waals surface area contributed by atoms with Gasteiger partial charge >= 0.3 is 0 Å². The van der Waals surface area contributed by atoms with Gasteiger partial charge in [0.05, 0.1) is 19.3 Å². The maximum Gasteiger partial charge on any atom is 0.242 e. The molecule has 7 N–H and O–H groups in total. The molecule has 0 saturated carbocycles. The van der Waals surface area contributed by atoms with Crippen molar-refractivity contribution in [3.63, 3.8) is 0 Å². The van der Waals surface area contributed by atoms with Crippen molar-refractivity contribution in [1.29, 1.82) is 0 Å². The highest BCUT2D eigenvalue weighted by Gasteiger charge is 2.31. The average molecular weight is 431 g/mol. The summed E-state index contributed by atoms with van der Waals surface area (Å²) in [7, 11) is 1.64. The molecule has 0 saturated heterocycles. The first kappa shape index (κ1) is 28.0. The molecule has 30 heavy (non-hydrogen) atoms. The van der Waals surface area contributed by atoms with Crippen LogP contribution >= 0.6 is 0 Å². The van der Waals surface area contributed by atoms with Gasteiger partial charge in [-0.3, -0.25) is 19.2 Å². The second kappa shape index (κ2) is 14.1. The van der Waals surface area contributed by atoms with Gasteiger partial charge in [-0.2, -0.15) is 0 Å². The fraction of sp³-hybridized carbons (Fsp3) is 0.800. The molecular formula is C20H38N4O6. The molecule has 0 radical (unpaired) electrons. The highest BCUT2D eigenvalue weighted by atomic mass is 16.3. The number of likely N-dealkylation sites (N-methyl/N-ethyl adjacent to an activating group) is 1. The monoisotopic (exact) mass is 430 g/mol. The van der Waals surface area contributed by atoms with Gasteiger partial charge < -0.3 is 31.9 Å². The minimum atomic E-state index is -1.25. The van der Waals surface area contributed by atoms with E-state index in [2.05, 4.69) is 16.0 Å². The summed E-state index contributed by atoms with van der Waals surface area (Å²) in [6.07, 6.45) is 0.663. The quantitative estimate of drug-likeness (QED) is 0.187. The molecular weight excluding hydrogens is 392 g/mol. The summed E-state index contributed by atoms with van der Waals surface area (Å²) in [6.45, 7) is 6.42. The van der Waals surface area contributed by atoms with Gasteiger partial charge in [-0.1, -0.05) is 27.7 Å². The van der Waals surface area contributed by atoms with Crippen LogP contribution in [0.1, 0.15) is 47.0 Å². The van der Waals surface area contributed by atoms with Crippen LogP contribution in [0.4, 0.5) is 0 Å². The Kier molecular flexibility index (Phi) is 13.1. The van der Waals surface area contributed by atoms with Crippen LogP contribution in [-0.2, 0) is 19.2 Å². The third kappa shape index (κ3) is 10.1. The SMILES string of the molecule is CN[C@@H](CC(C)C)C(=O)N[C@@H](CO)C(=O)C[C@@H](CC(C)C)C(=O)N[C@@H](CO)C(N)=O. The molecule has 3 amide bonds. The van der Waals surface area contributed by atoms with Crippen LogP contribution < -0.4 is 21.7 Å². The van der Waals surface area contributed by atoms with Crippen LogP contribution in [0.2, 0.25) is 0 Å². The van der Waals surface area contributed by atoms with Crippen LogP contribution in [0.25, 0.3) is 0 Å². The van der Waals surface area contributed by atoms with E-state index in [1.165, 1.54) is 0 Å². The first-order valence-corrected chi connectivity index (χ1v) is 10.3. The topological polar surface area (TPSA) is 171 Å². The molecule has 10 nitrogen and oxygen atoms in total. The average Bonchev–Trinajstić information content (AvgIpc) is 2.66. The van der Waals surface area contributed by atoms with Crippen molar-refractivity contribution in [2.75, 3.05) is 20.3 Å². The lowest BCUT2D eigenvalue weighted by Gasteiger charge is -2.24. The van der Waals surface area contributed by atoms with E-state index in [-0.39, 0.29) is 18.3 Å². The zero-order valence-corrected chi connectivity index (χ0v) is 18.6. The molecule has 0 bridgehead atoms. The van der Waals surface area contributed by atoms with E-state index in [1.807, 2.05) is 27.7 Å². The lowest BCUT2D eigenvalue weighted by Crippen LogP contribution is -2.52. The molecule has 0 aromatic rings. The smallest absolute Gasteiger partial charge is 0.242 e. The summed E-state index contributed by atoms with van der Waals surface area (Å²) in [5.74, 6) is -2.86. The number of aliphatic hydroxyl groups is 2. The Hall–Kier alpha value is -2.04. The predicted molar refractivity (Wildman–Crippen MR) is 112 cm³/mol. The van der Waals surface area contributed by atoms with Gasteiger partial charge in [-0.25, -0.2) is 0 Å². The Labute approximate surface area is 178 Å². The van der Waals surface area contributed by atoms with Crippen LogP contribution in [0, 0.1) is 17.8 Å². The van der Waals surface area contributed by atoms with E-state index in [0.717, 1.165) is 0 Å². The molecule has 4 atom stereocenters. The lowest BCUT2D eigenvalue weighted by atomic mass is 9.89. The number of amides is 3. The first-order valence-electron chi connectivity index (χ1n) is 10.3. The van der Waals surface area contributed by atoms with Crippen molar-refractivity contribution >= 4 is 23.5 Å². The minimum Gasteiger partial charge on any atom is -0.394 e. The van der Waals surface area contributed by atoms with Crippen LogP contribution in [0.15, 0.2) is 0 Å². The highest BCUT2D eigenvalue weighted by Crippen LogP contribution is 2.18. The molecule has 0 aromatic carbocycles. The summed E-state index contributed by atoms with van der Waals surface area (Å²) >= 11 is 0. The fourth-order valence-corrected chi connectivity index (χ4v) is 3.06. The molecule has 0 unspecified atom stereocenters. The summed E-state index contributed by atoms with van der Waals surface area (Å²) < 4.78 is 0. The number of ketones is 1. The Morgan fingerprint density at radius 3 is 1.70 bits per heavy atom. The third-order valence-electron chi connectivity index (χ3n) is 4.68. The molecule has 0 spiro atoms. The number of hydrogen-bond donors (Lipinski definition) is 6. The third-order valence-corrected chi connectivity index (χ3v) is 4.68. The Morgan fingerprint density at radius 2 is 1.30 bits per heavy atom. The number of Topliss-reactive ketones (excluding diaryl/α,β-unsaturated/α-hetero) is 1. The normalized spacial score (nSPS) is 15.4. The molecule has 0 heterocycles. The largest absolute Gasteiger partial charge is 0.394 e. The molecule has 0 aliphatic rings. The number of carbonyl (C=O) groups excluding carboxylic acids is 4. The van der Waals surface area contributed by atoms with E-state index in [9.17, 15) is 29.4 Å². The molecule has 174 valence electrons. The van der Waals surface area contributed by atoms with Crippen molar-refractivity contribution in [3.8, 4) is 0 Å². The van der Waals surface area contributed by atoms with Gasteiger partial charge in [0.25, 0.3) is 0 Å². The Morgan fingerprint density at radius 1 is 0.800 bits per heavy atom. The Bertz CT molecular complexity index is 582. The molecule has 0 fully saturated rings. The van der Waals surface area contributed by atoms with Crippen molar-refractivity contribution in [1.82, 2.24) is 16.0 Å². The molecule has 0 aliphatic carbocycles. The summed E-state index contributed by atoms with van der Waals surface area (Å²) in [5.41, 5.74) is 5.13. The zero-order chi connectivity index (χ0) is 23.4. The first-order chi connectivity index (χ1) is 14.0. The highest BCUT2D eigenvalue weighted by molar-refractivity contribution is 5.94. The number of aliphatic hydroxyl groups excluding tert-OH is 2. The van der Waals surface area contributed by atoms with Crippen LogP contribution in [-0.4, -0.2) is 72.1 Å². The number of nitrogens with two attached hydrogens (primary N) is 1. The summed E-state index contributed by atoms with van der Waals surface area (Å²) in [4.78, 5) is 49.0. The van der Waals surface area contributed by atoms with Crippen LogP contribution in [0.5, 0.6) is 0 Å². The number of primary amides is 1. The van der Waals surface area contributed by atoms with E-state index in [4.69, 9.17) is 5.73 Å². The van der Waals surface area contributed by atoms with Gasteiger partial charge in [-0.05, 0) is 31.7 Å². The van der Waals surface area contributed by atoms with Crippen molar-refractivity contribution in [2.45, 2.75) is 65.1 Å². The molecule has 10 heteroatoms. The van der Waals surface area contributed by atoms with E-state index in [1.54, 1.807) is 7.05 Å². The van der Waals surface area contributed by atoms with Gasteiger partial charge in [0.1, 0.15) is 12.1 Å². The number of hydrogen-bond acceptors (Lipinski definition) is 7. The maximum absolute atomic E-state index is 12.7. The predicted octanol–water partition coefficient (Wildman–Crippen LogP) is -1.32. The van der Waals surface area contributed by atoms with Gasteiger partial charge in [0, 0.05) is 12.3 Å². The fourth-order valence-electron chi connectivity index (χ4n) is 3.06. The van der Waals surface area contributed by atoms with E-state index < -0.39 is 60.8 Å². The minimum absolute atomic E-state index is 0.0663. The Balaban J connectivity index is 5.23. The van der Waals surface area contributed by atoms with E-state index >= 15 is 0 Å². The van der Waals surface area contributed by atoms with Crippen LogP contribution in [0.3, 0.4) is 0 Å². The summed E-state index contributed by atoms with van der Waals surface area (Å²) in [6, 6.07) is -2.90. The molecule has 0 aromatic heterocycles. The molecule has 0 aliphatic heterocycles. The van der Waals surface area contributed by atoms with Gasteiger partial charge in [0.15, 0.2) is 5.78 Å². The van der Waals surface area contributed by atoms with Gasteiger partial charge in [-0.15, -0.1) is 0 Å². The van der Waals surface area contributed by atoms with Crippen molar-refractivity contribution in [2.24, 2.45) is 23.5 Å².